The second-order valence-corrected chi connectivity index (χ2v) is 9.92. The SMILES string of the molecule is CC(C)c1nc2c(n1Cc1ccc(Cl)c(Cl)c1)C(C(C)(C(=O)O)c1ccccc1)CCC2. The second kappa shape index (κ2) is 8.92. The molecule has 0 saturated heterocycles. The lowest BCUT2D eigenvalue weighted by molar-refractivity contribution is -0.144. The number of carboxylic acids is 1. The Morgan fingerprint density at radius 2 is 1.91 bits per heavy atom. The number of aromatic nitrogens is 2. The smallest absolute Gasteiger partial charge is 0.314 e. The summed E-state index contributed by atoms with van der Waals surface area (Å²) in [6, 6.07) is 15.2. The van der Waals surface area contributed by atoms with E-state index in [9.17, 15) is 9.90 Å². The zero-order valence-corrected chi connectivity index (χ0v) is 20.1. The summed E-state index contributed by atoms with van der Waals surface area (Å²) in [7, 11) is 0. The summed E-state index contributed by atoms with van der Waals surface area (Å²) in [4.78, 5) is 17.8. The van der Waals surface area contributed by atoms with Crippen LogP contribution in [0.15, 0.2) is 48.5 Å². The Morgan fingerprint density at radius 3 is 2.53 bits per heavy atom. The Balaban J connectivity index is 1.89. The van der Waals surface area contributed by atoms with Gasteiger partial charge in [-0.25, -0.2) is 4.98 Å². The van der Waals surface area contributed by atoms with Gasteiger partial charge in [0.2, 0.25) is 0 Å². The summed E-state index contributed by atoms with van der Waals surface area (Å²) >= 11 is 12.4. The van der Waals surface area contributed by atoms with Gasteiger partial charge in [0, 0.05) is 24.1 Å². The van der Waals surface area contributed by atoms with Gasteiger partial charge in [-0.2, -0.15) is 0 Å². The van der Waals surface area contributed by atoms with Crippen molar-refractivity contribution in [3.63, 3.8) is 0 Å². The maximum atomic E-state index is 12.8. The van der Waals surface area contributed by atoms with Crippen LogP contribution in [0.5, 0.6) is 0 Å². The predicted molar refractivity (Wildman–Crippen MR) is 129 cm³/mol. The van der Waals surface area contributed by atoms with Crippen molar-refractivity contribution < 1.29 is 9.90 Å². The van der Waals surface area contributed by atoms with E-state index in [0.717, 1.165) is 47.6 Å². The molecule has 1 aliphatic carbocycles. The molecule has 0 spiro atoms. The largest absolute Gasteiger partial charge is 0.481 e. The molecular formula is C26H28Cl2N2O2. The molecule has 2 unspecified atom stereocenters. The normalized spacial score (nSPS) is 17.8. The average Bonchev–Trinajstić information content (AvgIpc) is 3.15. The van der Waals surface area contributed by atoms with E-state index >= 15 is 0 Å². The van der Waals surface area contributed by atoms with Crippen LogP contribution in [0.2, 0.25) is 10.0 Å². The number of benzene rings is 2. The Labute approximate surface area is 199 Å². The van der Waals surface area contributed by atoms with Crippen molar-refractivity contribution >= 4 is 29.2 Å². The summed E-state index contributed by atoms with van der Waals surface area (Å²) < 4.78 is 2.23. The van der Waals surface area contributed by atoms with E-state index in [2.05, 4.69) is 18.4 Å². The lowest BCUT2D eigenvalue weighted by Gasteiger charge is -2.38. The average molecular weight is 471 g/mol. The minimum atomic E-state index is -1.06. The summed E-state index contributed by atoms with van der Waals surface area (Å²) in [6.45, 7) is 6.69. The van der Waals surface area contributed by atoms with Crippen LogP contribution in [0.4, 0.5) is 0 Å². The molecule has 4 nitrogen and oxygen atoms in total. The van der Waals surface area contributed by atoms with Gasteiger partial charge in [-0.1, -0.05) is 73.4 Å². The molecule has 168 valence electrons. The number of aryl methyl sites for hydroxylation is 1. The van der Waals surface area contributed by atoms with E-state index in [0.29, 0.717) is 16.6 Å². The van der Waals surface area contributed by atoms with E-state index < -0.39 is 11.4 Å². The van der Waals surface area contributed by atoms with Gasteiger partial charge in [-0.05, 0) is 49.4 Å². The highest BCUT2D eigenvalue weighted by Gasteiger charge is 2.47. The third-order valence-electron chi connectivity index (χ3n) is 6.70. The van der Waals surface area contributed by atoms with Crippen molar-refractivity contribution in [1.29, 1.82) is 0 Å². The molecule has 1 N–H and O–H groups in total. The number of hydrogen-bond acceptors (Lipinski definition) is 2. The van der Waals surface area contributed by atoms with Gasteiger partial charge in [0.05, 0.1) is 21.2 Å². The van der Waals surface area contributed by atoms with Crippen LogP contribution in [0, 0.1) is 0 Å². The van der Waals surface area contributed by atoms with Crippen molar-refractivity contribution in [3.05, 3.63) is 86.9 Å². The Kier molecular flexibility index (Phi) is 6.37. The maximum Gasteiger partial charge on any atom is 0.314 e. The number of carbonyl (C=O) groups is 1. The van der Waals surface area contributed by atoms with Crippen LogP contribution < -0.4 is 0 Å². The van der Waals surface area contributed by atoms with Gasteiger partial charge >= 0.3 is 5.97 Å². The molecule has 3 aromatic rings. The van der Waals surface area contributed by atoms with E-state index in [4.69, 9.17) is 28.2 Å². The predicted octanol–water partition coefficient (Wildman–Crippen LogP) is 6.82. The molecule has 4 rings (SSSR count). The quantitative estimate of drug-likeness (QED) is 0.429. The highest BCUT2D eigenvalue weighted by atomic mass is 35.5. The van der Waals surface area contributed by atoms with E-state index in [1.54, 1.807) is 6.07 Å². The van der Waals surface area contributed by atoms with Crippen molar-refractivity contribution in [3.8, 4) is 0 Å². The third-order valence-corrected chi connectivity index (χ3v) is 7.44. The third kappa shape index (κ3) is 3.95. The van der Waals surface area contributed by atoms with E-state index in [1.807, 2.05) is 49.4 Å². The number of imidazole rings is 1. The van der Waals surface area contributed by atoms with Gasteiger partial charge < -0.3 is 9.67 Å². The number of aliphatic carboxylic acids is 1. The molecule has 0 bridgehead atoms. The highest BCUT2D eigenvalue weighted by molar-refractivity contribution is 6.42. The summed E-state index contributed by atoms with van der Waals surface area (Å²) in [6.07, 6.45) is 2.59. The van der Waals surface area contributed by atoms with Crippen LogP contribution >= 0.6 is 23.2 Å². The Hall–Kier alpha value is -2.30. The number of hydrogen-bond donors (Lipinski definition) is 1. The molecule has 0 radical (unpaired) electrons. The van der Waals surface area contributed by atoms with Crippen molar-refractivity contribution in [2.45, 2.75) is 63.8 Å². The second-order valence-electron chi connectivity index (χ2n) is 9.11. The first kappa shape index (κ1) is 22.9. The standard InChI is InChI=1S/C26H28Cl2N2O2/c1-16(2)24-29-22-11-7-10-19(26(3,25(31)32)18-8-5-4-6-9-18)23(22)30(24)15-17-12-13-20(27)21(28)14-17/h4-6,8-9,12-14,16,19H,7,10-11,15H2,1-3H3,(H,31,32). The lowest BCUT2D eigenvalue weighted by atomic mass is 9.66. The first-order chi connectivity index (χ1) is 15.2. The highest BCUT2D eigenvalue weighted by Crippen LogP contribution is 2.47. The monoisotopic (exact) mass is 470 g/mol. The minimum Gasteiger partial charge on any atom is -0.481 e. The van der Waals surface area contributed by atoms with E-state index in [-0.39, 0.29) is 11.8 Å². The van der Waals surface area contributed by atoms with Crippen LogP contribution in [0.3, 0.4) is 0 Å². The maximum absolute atomic E-state index is 12.8. The molecule has 1 aromatic heterocycles. The van der Waals surface area contributed by atoms with E-state index in [1.165, 1.54) is 0 Å². The summed E-state index contributed by atoms with van der Waals surface area (Å²) in [5, 5.41) is 11.5. The molecule has 6 heteroatoms. The minimum absolute atomic E-state index is 0.186. The summed E-state index contributed by atoms with van der Waals surface area (Å²) in [5.41, 5.74) is 2.84. The zero-order chi connectivity index (χ0) is 23.0. The number of halogens is 2. The first-order valence-electron chi connectivity index (χ1n) is 11.1. The number of nitrogens with zero attached hydrogens (tertiary/aromatic N) is 2. The first-order valence-corrected chi connectivity index (χ1v) is 11.8. The fourth-order valence-electron chi connectivity index (χ4n) is 4.97. The lowest BCUT2D eigenvalue weighted by Crippen LogP contribution is -2.41. The zero-order valence-electron chi connectivity index (χ0n) is 18.6. The van der Waals surface area contributed by atoms with Gasteiger partial charge in [0.1, 0.15) is 5.82 Å². The molecule has 0 aliphatic heterocycles. The van der Waals surface area contributed by atoms with Crippen molar-refractivity contribution in [1.82, 2.24) is 9.55 Å². The van der Waals surface area contributed by atoms with Crippen LogP contribution in [-0.4, -0.2) is 20.6 Å². The van der Waals surface area contributed by atoms with Crippen molar-refractivity contribution in [2.24, 2.45) is 0 Å². The fourth-order valence-corrected chi connectivity index (χ4v) is 5.29. The Bertz CT molecular complexity index is 1140. The number of carboxylic acid groups (broad SMARTS) is 1. The fraction of sp³-hybridized carbons (Fsp3) is 0.385. The number of fused-ring (bicyclic) bond motifs is 1. The molecule has 2 atom stereocenters. The molecular weight excluding hydrogens is 443 g/mol. The number of rotatable bonds is 6. The van der Waals surface area contributed by atoms with Crippen LogP contribution in [0.25, 0.3) is 0 Å². The topological polar surface area (TPSA) is 55.1 Å². The molecule has 1 aliphatic rings. The van der Waals surface area contributed by atoms with Crippen LogP contribution in [0.1, 0.15) is 73.8 Å². The van der Waals surface area contributed by atoms with Crippen molar-refractivity contribution in [2.75, 3.05) is 0 Å². The van der Waals surface area contributed by atoms with Gasteiger partial charge in [-0.15, -0.1) is 0 Å². The van der Waals surface area contributed by atoms with Gasteiger partial charge in [0.25, 0.3) is 0 Å². The molecule has 1 heterocycles. The molecule has 2 aromatic carbocycles. The van der Waals surface area contributed by atoms with Crippen LogP contribution in [-0.2, 0) is 23.2 Å². The summed E-state index contributed by atoms with van der Waals surface area (Å²) in [5.74, 6) is 0.189. The van der Waals surface area contributed by atoms with Gasteiger partial charge in [0.15, 0.2) is 0 Å². The molecule has 0 saturated carbocycles. The molecule has 0 amide bonds. The molecule has 32 heavy (non-hydrogen) atoms. The molecule has 0 fully saturated rings. The van der Waals surface area contributed by atoms with Gasteiger partial charge in [-0.3, -0.25) is 4.79 Å². The Morgan fingerprint density at radius 1 is 1.19 bits per heavy atom.